The highest BCUT2D eigenvalue weighted by molar-refractivity contribution is 5.93. The molecule has 2 aromatic rings. The van der Waals surface area contributed by atoms with Gasteiger partial charge in [-0.25, -0.2) is 9.37 Å². The van der Waals surface area contributed by atoms with Crippen LogP contribution >= 0.6 is 0 Å². The largest absolute Gasteiger partial charge is 0.392 e. The summed E-state index contributed by atoms with van der Waals surface area (Å²) in [6.45, 7) is 0.817. The smallest absolute Gasteiger partial charge is 0.269 e. The number of hydrogen-bond acceptors (Lipinski definition) is 4. The topological polar surface area (TPSA) is 101 Å². The van der Waals surface area contributed by atoms with E-state index in [-0.39, 0.29) is 17.5 Å². The van der Waals surface area contributed by atoms with Crippen molar-refractivity contribution in [1.82, 2.24) is 9.55 Å². The van der Waals surface area contributed by atoms with Crippen molar-refractivity contribution in [2.45, 2.75) is 56.1 Å². The Morgan fingerprint density at radius 1 is 1.38 bits per heavy atom. The molecule has 1 aromatic heterocycles. The minimum Gasteiger partial charge on any atom is -0.392 e. The summed E-state index contributed by atoms with van der Waals surface area (Å²) in [5, 5.41) is 19.1. The van der Waals surface area contributed by atoms with Gasteiger partial charge in [0, 0.05) is 17.5 Å². The first-order valence-corrected chi connectivity index (χ1v) is 9.91. The highest BCUT2D eigenvalue weighted by Gasteiger charge is 2.44. The first-order valence-electron chi connectivity index (χ1n) is 9.91. The third kappa shape index (κ3) is 2.86. The Hall–Kier alpha value is -2.69. The number of nitrogens with two attached hydrogens (primary N) is 1. The third-order valence-electron chi connectivity index (χ3n) is 6.22. The highest BCUT2D eigenvalue weighted by Crippen LogP contribution is 2.55. The number of aliphatic hydroxyl groups excluding tert-OH is 1. The van der Waals surface area contributed by atoms with Gasteiger partial charge in [-0.15, -0.1) is 0 Å². The van der Waals surface area contributed by atoms with E-state index in [0.29, 0.717) is 17.4 Å². The summed E-state index contributed by atoms with van der Waals surface area (Å²) in [5.41, 5.74) is 7.01. The SMILES string of the molecule is CC(O)(C#Cc1cc2c(cc1F)C1CC(C1)n1c-2nc(C(N)=O)c1C1CC1)CO. The van der Waals surface area contributed by atoms with Gasteiger partial charge in [0.2, 0.25) is 0 Å². The van der Waals surface area contributed by atoms with Gasteiger partial charge in [-0.2, -0.15) is 0 Å². The molecular formula is C22H22FN3O3. The summed E-state index contributed by atoms with van der Waals surface area (Å²) in [6.07, 6.45) is 3.81. The van der Waals surface area contributed by atoms with E-state index in [9.17, 15) is 19.4 Å². The summed E-state index contributed by atoms with van der Waals surface area (Å²) in [6, 6.07) is 3.39. The zero-order chi connectivity index (χ0) is 20.5. The number of amides is 1. The number of aliphatic hydroxyl groups is 2. The van der Waals surface area contributed by atoms with Crippen molar-refractivity contribution in [2.24, 2.45) is 5.73 Å². The number of aromatic nitrogens is 2. The lowest BCUT2D eigenvalue weighted by Crippen LogP contribution is -2.26. The summed E-state index contributed by atoms with van der Waals surface area (Å²) in [4.78, 5) is 16.7. The quantitative estimate of drug-likeness (QED) is 0.694. The number of primary amides is 1. The van der Waals surface area contributed by atoms with E-state index in [1.807, 2.05) is 0 Å². The summed E-state index contributed by atoms with van der Waals surface area (Å²) >= 11 is 0. The fourth-order valence-electron chi connectivity index (χ4n) is 4.44. The molecule has 4 N–H and O–H groups in total. The Balaban J connectivity index is 1.71. The molecular weight excluding hydrogens is 373 g/mol. The molecule has 2 aliphatic heterocycles. The second-order valence-electron chi connectivity index (χ2n) is 8.60. The third-order valence-corrected chi connectivity index (χ3v) is 6.22. The number of carbonyl (C=O) groups excluding carboxylic acids is 1. The van der Waals surface area contributed by atoms with E-state index >= 15 is 0 Å². The van der Waals surface area contributed by atoms with Gasteiger partial charge in [0.05, 0.1) is 17.9 Å². The van der Waals surface area contributed by atoms with Crippen LogP contribution < -0.4 is 5.73 Å². The van der Waals surface area contributed by atoms with Gasteiger partial charge < -0.3 is 20.5 Å². The molecule has 1 unspecified atom stereocenters. The molecule has 2 fully saturated rings. The molecule has 3 heterocycles. The first kappa shape index (κ1) is 18.3. The molecule has 1 amide bonds. The molecule has 150 valence electrons. The number of benzene rings is 1. The molecule has 6 nitrogen and oxygen atoms in total. The zero-order valence-electron chi connectivity index (χ0n) is 16.1. The van der Waals surface area contributed by atoms with Crippen LogP contribution in [-0.4, -0.2) is 37.9 Å². The molecule has 7 heteroatoms. The van der Waals surface area contributed by atoms with Crippen molar-refractivity contribution in [3.63, 3.8) is 0 Å². The minimum absolute atomic E-state index is 0.125. The van der Waals surface area contributed by atoms with Crippen molar-refractivity contribution in [2.75, 3.05) is 6.61 Å². The van der Waals surface area contributed by atoms with E-state index in [2.05, 4.69) is 21.4 Å². The average molecular weight is 395 g/mol. The fraction of sp³-hybridized carbons (Fsp3) is 0.455. The van der Waals surface area contributed by atoms with Crippen LogP contribution in [0.2, 0.25) is 0 Å². The van der Waals surface area contributed by atoms with Crippen LogP contribution in [0.3, 0.4) is 0 Å². The van der Waals surface area contributed by atoms with Crippen molar-refractivity contribution < 1.29 is 19.4 Å². The normalized spacial score (nSPS) is 23.6. The number of halogens is 1. The van der Waals surface area contributed by atoms with E-state index in [1.54, 1.807) is 6.07 Å². The van der Waals surface area contributed by atoms with Gasteiger partial charge in [-0.1, -0.05) is 11.8 Å². The molecule has 0 radical (unpaired) electrons. The molecule has 29 heavy (non-hydrogen) atoms. The standard InChI is InChI=1S/C22H22FN3O3/c1-22(29,10-27)5-4-12-8-16-15(9-17(12)23)13-6-14(7-13)26-19(11-2-3-11)18(20(24)28)25-21(16)26/h8-9,11,13-14,27,29H,2-3,6-7,10H2,1H3,(H2,24,28). The summed E-state index contributed by atoms with van der Waals surface area (Å²) in [5.74, 6) is 5.36. The van der Waals surface area contributed by atoms with Crippen LogP contribution in [0.1, 0.15) is 77.8 Å². The van der Waals surface area contributed by atoms with Gasteiger partial charge in [-0.3, -0.25) is 4.79 Å². The Labute approximate surface area is 167 Å². The maximum atomic E-state index is 14.8. The Kier molecular flexibility index (Phi) is 3.89. The maximum Gasteiger partial charge on any atom is 0.269 e. The highest BCUT2D eigenvalue weighted by atomic mass is 19.1. The lowest BCUT2D eigenvalue weighted by atomic mass is 9.75. The maximum absolute atomic E-state index is 14.8. The average Bonchev–Trinajstić information content (AvgIpc) is 3.43. The van der Waals surface area contributed by atoms with E-state index in [0.717, 1.165) is 42.5 Å². The number of imidazole rings is 1. The molecule has 0 saturated heterocycles. The van der Waals surface area contributed by atoms with Crippen molar-refractivity contribution in [3.05, 3.63) is 40.5 Å². The number of rotatable bonds is 3. The van der Waals surface area contributed by atoms with Gasteiger partial charge in [-0.05, 0) is 56.2 Å². The molecule has 2 saturated carbocycles. The predicted octanol–water partition coefficient (Wildman–Crippen LogP) is 2.19. The lowest BCUT2D eigenvalue weighted by molar-refractivity contribution is 0.0518. The molecule has 4 aliphatic rings. The van der Waals surface area contributed by atoms with Gasteiger partial charge >= 0.3 is 0 Å². The Morgan fingerprint density at radius 3 is 2.72 bits per heavy atom. The second-order valence-corrected chi connectivity index (χ2v) is 8.60. The monoisotopic (exact) mass is 395 g/mol. The second kappa shape index (κ2) is 6.15. The van der Waals surface area contributed by atoms with Crippen LogP contribution in [0, 0.1) is 17.7 Å². The molecule has 1 aromatic carbocycles. The van der Waals surface area contributed by atoms with Gasteiger partial charge in [0.25, 0.3) is 5.91 Å². The molecule has 0 spiro atoms. The van der Waals surface area contributed by atoms with E-state index in [1.165, 1.54) is 13.0 Å². The molecule has 6 rings (SSSR count). The number of carbonyl (C=O) groups is 1. The van der Waals surface area contributed by atoms with Crippen molar-refractivity contribution in [1.29, 1.82) is 0 Å². The zero-order valence-corrected chi connectivity index (χ0v) is 16.1. The number of nitrogens with zero attached hydrogens (tertiary/aromatic N) is 2. The lowest BCUT2D eigenvalue weighted by Gasteiger charge is -2.35. The number of hydrogen-bond donors (Lipinski definition) is 3. The fourth-order valence-corrected chi connectivity index (χ4v) is 4.44. The van der Waals surface area contributed by atoms with E-state index < -0.39 is 23.9 Å². The minimum atomic E-state index is -1.61. The molecule has 2 bridgehead atoms. The Morgan fingerprint density at radius 2 is 2.10 bits per heavy atom. The van der Waals surface area contributed by atoms with Crippen molar-refractivity contribution in [3.8, 4) is 23.2 Å². The van der Waals surface area contributed by atoms with Crippen molar-refractivity contribution >= 4 is 5.91 Å². The summed E-state index contributed by atoms with van der Waals surface area (Å²) in [7, 11) is 0. The van der Waals surface area contributed by atoms with Crippen LogP contribution in [0.4, 0.5) is 4.39 Å². The predicted molar refractivity (Wildman–Crippen MR) is 104 cm³/mol. The van der Waals surface area contributed by atoms with Crippen LogP contribution in [-0.2, 0) is 0 Å². The van der Waals surface area contributed by atoms with Crippen LogP contribution in [0.5, 0.6) is 0 Å². The molecule has 1 atom stereocenters. The molecule has 2 aliphatic carbocycles. The Bertz CT molecular complexity index is 1100. The van der Waals surface area contributed by atoms with Gasteiger partial charge in [0.15, 0.2) is 0 Å². The van der Waals surface area contributed by atoms with E-state index in [4.69, 9.17) is 5.73 Å². The van der Waals surface area contributed by atoms with Crippen LogP contribution in [0.25, 0.3) is 11.4 Å². The van der Waals surface area contributed by atoms with Gasteiger partial charge in [0.1, 0.15) is 22.9 Å². The van der Waals surface area contributed by atoms with Crippen LogP contribution in [0.15, 0.2) is 12.1 Å². The summed E-state index contributed by atoms with van der Waals surface area (Å²) < 4.78 is 16.9. The first-order chi connectivity index (χ1) is 13.8.